The fraction of sp³-hybridized carbons (Fsp3) is 0.0556. The van der Waals surface area contributed by atoms with E-state index in [1.807, 2.05) is 0 Å². The molecular weight excluding hydrogens is 459 g/mol. The van der Waals surface area contributed by atoms with E-state index in [-0.39, 0.29) is 16.3 Å². The van der Waals surface area contributed by atoms with Gasteiger partial charge in [0.25, 0.3) is 11.8 Å². The first-order valence-electron chi connectivity index (χ1n) is 7.52. The molecule has 1 N–H and O–H groups in total. The zero-order chi connectivity index (χ0) is 19.7. The molecule has 3 rings (SSSR count). The summed E-state index contributed by atoms with van der Waals surface area (Å²) in [6, 6.07) is 8.65. The van der Waals surface area contributed by atoms with Crippen LogP contribution in [0.2, 0.25) is 10.0 Å². The van der Waals surface area contributed by atoms with Gasteiger partial charge in [0, 0.05) is 15.1 Å². The van der Waals surface area contributed by atoms with Gasteiger partial charge in [-0.15, -0.1) is 0 Å². The third kappa shape index (κ3) is 3.85. The van der Waals surface area contributed by atoms with Gasteiger partial charge in [0.05, 0.1) is 17.8 Å². The van der Waals surface area contributed by atoms with Crippen molar-refractivity contribution < 1.29 is 19.1 Å². The maximum Gasteiger partial charge on any atom is 0.335 e. The molecule has 6 nitrogen and oxygen atoms in total. The smallest absolute Gasteiger partial charge is 0.335 e. The molecule has 138 valence electrons. The molecule has 0 aromatic heterocycles. The van der Waals surface area contributed by atoms with E-state index >= 15 is 0 Å². The van der Waals surface area contributed by atoms with Crippen molar-refractivity contribution in [1.82, 2.24) is 5.32 Å². The van der Waals surface area contributed by atoms with Gasteiger partial charge >= 0.3 is 6.03 Å². The van der Waals surface area contributed by atoms with Crippen LogP contribution in [-0.2, 0) is 9.59 Å². The molecule has 2 aromatic rings. The molecule has 1 fully saturated rings. The fourth-order valence-electron chi connectivity index (χ4n) is 2.54. The Morgan fingerprint density at radius 2 is 1.78 bits per heavy atom. The fourth-order valence-corrected chi connectivity index (χ4v) is 3.39. The van der Waals surface area contributed by atoms with Crippen molar-refractivity contribution in [2.75, 3.05) is 12.0 Å². The summed E-state index contributed by atoms with van der Waals surface area (Å²) in [5, 5.41) is 2.68. The molecule has 0 atom stereocenters. The molecule has 0 radical (unpaired) electrons. The van der Waals surface area contributed by atoms with E-state index in [1.165, 1.54) is 25.3 Å². The Hall–Kier alpha value is -2.35. The predicted molar refractivity (Wildman–Crippen MR) is 106 cm³/mol. The molecule has 0 bridgehead atoms. The van der Waals surface area contributed by atoms with Crippen LogP contribution >= 0.6 is 39.1 Å². The van der Waals surface area contributed by atoms with Gasteiger partial charge in [0.1, 0.15) is 11.3 Å². The van der Waals surface area contributed by atoms with Crippen molar-refractivity contribution in [3.8, 4) is 5.75 Å². The van der Waals surface area contributed by atoms with E-state index < -0.39 is 17.8 Å². The number of ether oxygens (including phenoxy) is 1. The van der Waals surface area contributed by atoms with Gasteiger partial charge in [-0.05, 0) is 42.5 Å². The normalized spacial score (nSPS) is 15.9. The Labute approximate surface area is 172 Å². The lowest BCUT2D eigenvalue weighted by molar-refractivity contribution is -0.122. The van der Waals surface area contributed by atoms with Crippen molar-refractivity contribution in [3.05, 3.63) is 62.1 Å². The minimum atomic E-state index is -0.833. The van der Waals surface area contributed by atoms with Crippen LogP contribution in [0, 0.1) is 0 Å². The molecule has 0 spiro atoms. The number of methoxy groups -OCH3 is 1. The molecule has 1 saturated heterocycles. The zero-order valence-corrected chi connectivity index (χ0v) is 16.9. The highest BCUT2D eigenvalue weighted by atomic mass is 79.9. The lowest BCUT2D eigenvalue weighted by Crippen LogP contribution is -2.54. The number of benzene rings is 2. The first-order valence-corrected chi connectivity index (χ1v) is 9.06. The summed E-state index contributed by atoms with van der Waals surface area (Å²) in [5.41, 5.74) is 0.392. The van der Waals surface area contributed by atoms with E-state index in [9.17, 15) is 14.4 Å². The number of nitrogens with zero attached hydrogens (tertiary/aromatic N) is 1. The number of hydrogen-bond acceptors (Lipinski definition) is 4. The lowest BCUT2D eigenvalue weighted by atomic mass is 10.1. The van der Waals surface area contributed by atoms with E-state index in [1.54, 1.807) is 24.3 Å². The first kappa shape index (κ1) is 19.4. The second kappa shape index (κ2) is 7.72. The summed E-state index contributed by atoms with van der Waals surface area (Å²) in [6.45, 7) is 0. The number of hydrogen-bond donors (Lipinski definition) is 1. The molecule has 0 saturated carbocycles. The van der Waals surface area contributed by atoms with Gasteiger partial charge in [0.2, 0.25) is 0 Å². The van der Waals surface area contributed by atoms with Crippen molar-refractivity contribution >= 4 is 68.7 Å². The third-order valence-corrected chi connectivity index (χ3v) is 4.76. The van der Waals surface area contributed by atoms with Crippen LogP contribution in [0.1, 0.15) is 5.56 Å². The number of nitrogens with one attached hydrogen (secondary N) is 1. The Morgan fingerprint density at radius 1 is 1.11 bits per heavy atom. The van der Waals surface area contributed by atoms with Crippen LogP contribution in [-0.4, -0.2) is 25.0 Å². The molecule has 2 aromatic carbocycles. The summed E-state index contributed by atoms with van der Waals surface area (Å²) in [7, 11) is 1.40. The zero-order valence-electron chi connectivity index (χ0n) is 13.8. The molecule has 0 unspecified atom stereocenters. The van der Waals surface area contributed by atoms with E-state index in [2.05, 4.69) is 21.2 Å². The van der Waals surface area contributed by atoms with Crippen LogP contribution in [0.25, 0.3) is 6.08 Å². The standard InChI is InChI=1S/C18H11BrCl2N2O4/c1-27-15-9(6-11(20)8-14(15)21)7-13-16(24)22-18(26)23(17(13)25)12-4-2-10(19)3-5-12/h2-8H,1H3,(H,22,24,26)/b13-7+. The minimum Gasteiger partial charge on any atom is -0.495 e. The number of carbonyl (C=O) groups is 3. The maximum atomic E-state index is 12.9. The average Bonchev–Trinajstić information content (AvgIpc) is 2.59. The van der Waals surface area contributed by atoms with Crippen molar-refractivity contribution in [2.45, 2.75) is 0 Å². The summed E-state index contributed by atoms with van der Waals surface area (Å²) in [6.07, 6.45) is 1.28. The largest absolute Gasteiger partial charge is 0.495 e. The quantitative estimate of drug-likeness (QED) is 0.532. The lowest BCUT2D eigenvalue weighted by Gasteiger charge is -2.26. The molecule has 0 aliphatic carbocycles. The molecule has 1 heterocycles. The molecule has 1 aliphatic rings. The number of amides is 4. The van der Waals surface area contributed by atoms with Crippen LogP contribution in [0.3, 0.4) is 0 Å². The van der Waals surface area contributed by atoms with Gasteiger partial charge in [0.15, 0.2) is 0 Å². The maximum absolute atomic E-state index is 12.9. The Balaban J connectivity index is 2.09. The second-order valence-electron chi connectivity index (χ2n) is 5.44. The van der Waals surface area contributed by atoms with E-state index in [0.717, 1.165) is 9.37 Å². The van der Waals surface area contributed by atoms with Gasteiger partial charge in [-0.3, -0.25) is 14.9 Å². The molecule has 9 heteroatoms. The highest BCUT2D eigenvalue weighted by Gasteiger charge is 2.37. The van der Waals surface area contributed by atoms with Crippen LogP contribution in [0.4, 0.5) is 10.5 Å². The number of barbiturate groups is 1. The summed E-state index contributed by atoms with van der Waals surface area (Å²) >= 11 is 15.4. The van der Waals surface area contributed by atoms with Gasteiger partial charge < -0.3 is 4.74 Å². The third-order valence-electron chi connectivity index (χ3n) is 3.73. The predicted octanol–water partition coefficient (Wildman–Crippen LogP) is 4.43. The molecular formula is C18H11BrCl2N2O4. The van der Waals surface area contributed by atoms with Crippen molar-refractivity contribution in [3.63, 3.8) is 0 Å². The number of carbonyl (C=O) groups excluding carboxylic acids is 3. The van der Waals surface area contributed by atoms with Crippen molar-refractivity contribution in [1.29, 1.82) is 0 Å². The van der Waals surface area contributed by atoms with E-state index in [0.29, 0.717) is 16.3 Å². The van der Waals surface area contributed by atoms with Gasteiger partial charge in [-0.2, -0.15) is 0 Å². The van der Waals surface area contributed by atoms with Crippen LogP contribution in [0.15, 0.2) is 46.4 Å². The number of rotatable bonds is 3. The summed E-state index contributed by atoms with van der Waals surface area (Å²) < 4.78 is 6.00. The van der Waals surface area contributed by atoms with Crippen molar-refractivity contribution in [2.24, 2.45) is 0 Å². The highest BCUT2D eigenvalue weighted by Crippen LogP contribution is 2.34. The number of imide groups is 2. The Bertz CT molecular complexity index is 990. The van der Waals surface area contributed by atoms with Gasteiger partial charge in [-0.1, -0.05) is 39.1 Å². The van der Waals surface area contributed by atoms with Crippen LogP contribution < -0.4 is 15.0 Å². The SMILES string of the molecule is COc1c(Cl)cc(Cl)cc1/C=C1\C(=O)NC(=O)N(c2ccc(Br)cc2)C1=O. The first-order chi connectivity index (χ1) is 12.8. The molecule has 27 heavy (non-hydrogen) atoms. The topological polar surface area (TPSA) is 75.7 Å². The van der Waals surface area contributed by atoms with E-state index in [4.69, 9.17) is 27.9 Å². The number of halogens is 3. The average molecular weight is 470 g/mol. The Morgan fingerprint density at radius 3 is 2.41 bits per heavy atom. The number of anilines is 1. The summed E-state index contributed by atoms with van der Waals surface area (Å²) in [4.78, 5) is 38.2. The summed E-state index contributed by atoms with van der Waals surface area (Å²) in [5.74, 6) is -1.35. The number of urea groups is 1. The van der Waals surface area contributed by atoms with Crippen LogP contribution in [0.5, 0.6) is 5.75 Å². The molecule has 4 amide bonds. The minimum absolute atomic E-state index is 0.223. The Kier molecular flexibility index (Phi) is 5.55. The second-order valence-corrected chi connectivity index (χ2v) is 7.20. The monoisotopic (exact) mass is 468 g/mol. The molecule has 1 aliphatic heterocycles. The van der Waals surface area contributed by atoms with Gasteiger partial charge in [-0.25, -0.2) is 9.69 Å². The highest BCUT2D eigenvalue weighted by molar-refractivity contribution is 9.10.